The van der Waals surface area contributed by atoms with E-state index in [0.717, 1.165) is 88.0 Å². The molecule has 103 heavy (non-hydrogen) atoms. The van der Waals surface area contributed by atoms with Crippen LogP contribution in [0.1, 0.15) is 0 Å². The van der Waals surface area contributed by atoms with Gasteiger partial charge in [0.15, 0.2) is 0 Å². The number of nitrogens with one attached hydrogen (secondary N) is 1. The van der Waals surface area contributed by atoms with Crippen LogP contribution in [0.4, 0.5) is 28.4 Å². The number of anilines is 5. The van der Waals surface area contributed by atoms with Crippen molar-refractivity contribution in [2.75, 3.05) is 10.2 Å². The maximum absolute atomic E-state index is 6.39. The third-order valence-electron chi connectivity index (χ3n) is 19.5. The van der Waals surface area contributed by atoms with Gasteiger partial charge in [0.2, 0.25) is 0 Å². The van der Waals surface area contributed by atoms with Crippen molar-refractivity contribution in [3.8, 4) is 55.9 Å². The van der Waals surface area contributed by atoms with E-state index in [0.29, 0.717) is 0 Å². The lowest BCUT2D eigenvalue weighted by Crippen LogP contribution is -2.10. The quantitative estimate of drug-likeness (QED) is 0.140. The molecule has 0 aliphatic carbocycles. The fraction of sp³-hybridized carbons (Fsp3) is 0. The van der Waals surface area contributed by atoms with Crippen molar-refractivity contribution in [3.05, 3.63) is 393 Å². The molecule has 0 saturated carbocycles. The first kappa shape index (κ1) is 62.1. The molecule has 16 aromatic carbocycles. The first-order valence-electron chi connectivity index (χ1n) is 34.7. The van der Waals surface area contributed by atoms with Crippen molar-refractivity contribution in [3.63, 3.8) is 0 Å². The van der Waals surface area contributed by atoms with Gasteiger partial charge in [0.25, 0.3) is 0 Å². The van der Waals surface area contributed by atoms with E-state index in [1.165, 1.54) is 88.3 Å². The van der Waals surface area contributed by atoms with Gasteiger partial charge in [0.1, 0.15) is 22.3 Å². The van der Waals surface area contributed by atoms with Gasteiger partial charge < -0.3 is 28.2 Å². The number of halogens is 1. The van der Waals surface area contributed by atoms with E-state index >= 15 is 0 Å². The molecular formula is C96H65BrN4O2. The summed E-state index contributed by atoms with van der Waals surface area (Å²) in [4.78, 5) is 2.38. The van der Waals surface area contributed by atoms with Crippen LogP contribution in [0.2, 0.25) is 0 Å². The number of nitrogens with zero attached hydrogens (tertiary/aromatic N) is 3. The number of hydrogen-bond acceptors (Lipinski definition) is 4. The molecule has 0 saturated heterocycles. The maximum Gasteiger partial charge on any atom is 0.137 e. The average Bonchev–Trinajstić information content (AvgIpc) is 1.62. The van der Waals surface area contributed by atoms with Gasteiger partial charge in [-0.15, -0.1) is 0 Å². The Labute approximate surface area is 604 Å². The summed E-state index contributed by atoms with van der Waals surface area (Å²) in [6.07, 6.45) is 0. The van der Waals surface area contributed by atoms with E-state index in [2.05, 4.69) is 375 Å². The maximum atomic E-state index is 6.39. The fourth-order valence-corrected chi connectivity index (χ4v) is 15.0. The number of hydrogen-bond donors (Lipinski definition) is 1. The molecule has 0 spiro atoms. The zero-order chi connectivity index (χ0) is 68.6. The van der Waals surface area contributed by atoms with Gasteiger partial charge in [-0.3, -0.25) is 0 Å². The fourth-order valence-electron chi connectivity index (χ4n) is 14.7. The highest BCUT2D eigenvalue weighted by Gasteiger charge is 2.23. The highest BCUT2D eigenvalue weighted by Crippen LogP contribution is 2.46. The second-order valence-corrected chi connectivity index (χ2v) is 26.7. The van der Waals surface area contributed by atoms with E-state index in [4.69, 9.17) is 8.83 Å². The number of aromatic nitrogens is 2. The van der Waals surface area contributed by atoms with Crippen LogP contribution >= 0.6 is 15.9 Å². The number of fused-ring (bicyclic) bond motifs is 12. The lowest BCUT2D eigenvalue weighted by atomic mass is 10.0. The second kappa shape index (κ2) is 27.1. The molecule has 20 aromatic rings. The SMILES string of the molecule is Brc1ccc2c(c1)c1ccc(-c3ccccc3)cc1n2-c1ccccc1.c1ccc(-c2ccc(N(c3ccc4c(c3)c3ccc(-c5ccccc5)cc3n4-c3ccccc3)c3cccc4oc5ccccc5c34)cc2)cc1.c1ccc(-c2ccc(Nc3cccc4oc5ccccc5c34)cc2)cc1. The van der Waals surface area contributed by atoms with Crippen LogP contribution in [-0.2, 0) is 0 Å². The summed E-state index contributed by atoms with van der Waals surface area (Å²) < 4.78 is 18.2. The van der Waals surface area contributed by atoms with E-state index in [1.807, 2.05) is 48.5 Å². The Kier molecular flexibility index (Phi) is 16.4. The molecule has 0 unspecified atom stereocenters. The molecule has 0 aliphatic heterocycles. The van der Waals surface area contributed by atoms with Gasteiger partial charge in [-0.05, 0) is 178 Å². The van der Waals surface area contributed by atoms with Gasteiger partial charge in [0.05, 0.1) is 44.2 Å². The van der Waals surface area contributed by atoms with E-state index in [-0.39, 0.29) is 0 Å². The molecule has 0 fully saturated rings. The van der Waals surface area contributed by atoms with Crippen LogP contribution in [0.3, 0.4) is 0 Å². The summed E-state index contributed by atoms with van der Waals surface area (Å²) in [6.45, 7) is 0. The summed E-state index contributed by atoms with van der Waals surface area (Å²) in [5, 5.41) is 12.9. The van der Waals surface area contributed by atoms with Crippen molar-refractivity contribution >= 4 is 132 Å². The van der Waals surface area contributed by atoms with Gasteiger partial charge in [-0.25, -0.2) is 0 Å². The minimum atomic E-state index is 0.870. The van der Waals surface area contributed by atoms with Crippen LogP contribution in [-0.4, -0.2) is 9.13 Å². The monoisotopic (exact) mass is 1380 g/mol. The summed E-state index contributed by atoms with van der Waals surface area (Å²) in [6, 6.07) is 137. The smallest absolute Gasteiger partial charge is 0.137 e. The van der Waals surface area contributed by atoms with Gasteiger partial charge in [-0.2, -0.15) is 0 Å². The van der Waals surface area contributed by atoms with E-state index in [9.17, 15) is 0 Å². The molecule has 20 rings (SSSR count). The topological polar surface area (TPSA) is 51.4 Å². The Morgan fingerprint density at radius 2 is 0.641 bits per heavy atom. The molecule has 0 atom stereocenters. The molecule has 0 aliphatic rings. The van der Waals surface area contributed by atoms with Crippen LogP contribution in [0.5, 0.6) is 0 Å². The molecule has 7 heteroatoms. The molecule has 1 N–H and O–H groups in total. The highest BCUT2D eigenvalue weighted by molar-refractivity contribution is 9.10. The van der Waals surface area contributed by atoms with Crippen molar-refractivity contribution in [1.82, 2.24) is 9.13 Å². The summed E-state index contributed by atoms with van der Waals surface area (Å²) in [7, 11) is 0. The molecule has 4 aromatic heterocycles. The average molecular weight is 1390 g/mol. The van der Waals surface area contributed by atoms with E-state index < -0.39 is 0 Å². The van der Waals surface area contributed by atoms with Gasteiger partial charge in [-0.1, -0.05) is 271 Å². The first-order valence-corrected chi connectivity index (χ1v) is 35.5. The minimum Gasteiger partial charge on any atom is -0.456 e. The Morgan fingerprint density at radius 3 is 1.17 bits per heavy atom. The zero-order valence-corrected chi connectivity index (χ0v) is 57.6. The van der Waals surface area contributed by atoms with Crippen molar-refractivity contribution in [1.29, 1.82) is 0 Å². The molecule has 4 heterocycles. The lowest BCUT2D eigenvalue weighted by molar-refractivity contribution is 0.668. The van der Waals surface area contributed by atoms with Crippen molar-refractivity contribution < 1.29 is 8.83 Å². The third kappa shape index (κ3) is 11.9. The molecule has 488 valence electrons. The molecule has 6 nitrogen and oxygen atoms in total. The first-order chi connectivity index (χ1) is 51.0. The Balaban J connectivity index is 0.000000122. The Bertz CT molecular complexity index is 6430. The lowest BCUT2D eigenvalue weighted by Gasteiger charge is -2.26. The predicted molar refractivity (Wildman–Crippen MR) is 436 cm³/mol. The molecule has 0 radical (unpaired) electrons. The number of para-hydroxylation sites is 4. The number of furan rings is 2. The highest BCUT2D eigenvalue weighted by atomic mass is 79.9. The van der Waals surface area contributed by atoms with Crippen LogP contribution in [0.15, 0.2) is 402 Å². The second-order valence-electron chi connectivity index (χ2n) is 25.7. The Hall–Kier alpha value is -13.2. The van der Waals surface area contributed by atoms with Crippen LogP contribution in [0, 0.1) is 0 Å². The molecule has 0 amide bonds. The Morgan fingerprint density at radius 1 is 0.252 bits per heavy atom. The van der Waals surface area contributed by atoms with E-state index in [1.54, 1.807) is 0 Å². The standard InChI is InChI=1S/C48H32N2O.C24H16BrN.C24H17NO/c1-4-13-33(14-5-1)35-23-26-38(27-24-35)49(44-20-12-22-47-48(44)41-19-10-11-21-46(41)51-47)39-28-30-43-42(32-39)40-29-25-36(34-15-6-2-7-16-34)31-45(40)50(43)37-17-8-3-9-18-37;25-19-12-14-23-22(16-19)21-13-11-18(17-7-3-1-4-8-17)15-24(21)26(23)20-9-5-2-6-10-20;1-2-7-17(8-3-1)18-13-15-19(16-14-18)25-21-10-6-12-23-24(21)20-9-4-5-11-22(20)26-23/h1-32H;1-16H;1-16,25H. The van der Waals surface area contributed by atoms with Gasteiger partial charge >= 0.3 is 0 Å². The normalized spacial score (nSPS) is 11.3. The zero-order valence-electron chi connectivity index (χ0n) is 56.0. The van der Waals surface area contributed by atoms with Crippen molar-refractivity contribution in [2.45, 2.75) is 0 Å². The molecular weight excluding hydrogens is 1320 g/mol. The summed E-state index contributed by atoms with van der Waals surface area (Å²) >= 11 is 3.63. The number of benzene rings is 16. The van der Waals surface area contributed by atoms with Gasteiger partial charge in [0, 0.05) is 65.2 Å². The predicted octanol–water partition coefficient (Wildman–Crippen LogP) is 27.7. The summed E-state index contributed by atoms with van der Waals surface area (Å²) in [5.74, 6) is 0. The van der Waals surface area contributed by atoms with Crippen LogP contribution in [0.25, 0.3) is 143 Å². The number of rotatable bonds is 11. The molecule has 0 bridgehead atoms. The minimum absolute atomic E-state index is 0.870. The summed E-state index contributed by atoms with van der Waals surface area (Å²) in [5.41, 5.74) is 25.7. The third-order valence-corrected chi connectivity index (χ3v) is 20.0. The van der Waals surface area contributed by atoms with Crippen molar-refractivity contribution in [2.24, 2.45) is 0 Å². The van der Waals surface area contributed by atoms with Crippen LogP contribution < -0.4 is 10.2 Å². The largest absolute Gasteiger partial charge is 0.456 e.